The molecule has 0 aliphatic carbocycles. The second kappa shape index (κ2) is 14.2. The fourth-order valence-electron chi connectivity index (χ4n) is 4.82. The maximum Gasteiger partial charge on any atom is 0.298 e. The van der Waals surface area contributed by atoms with Gasteiger partial charge in [-0.05, 0) is 50.1 Å². The Kier molecular flexibility index (Phi) is 10.4. The van der Waals surface area contributed by atoms with Gasteiger partial charge in [-0.25, -0.2) is 0 Å². The normalized spacial score (nSPS) is 14.3. The monoisotopic (exact) mass is 618 g/mol. The number of hydrogen-bond donors (Lipinski definition) is 1. The lowest BCUT2D eigenvalue weighted by atomic mass is 10.00. The quantitative estimate of drug-likeness (QED) is 0.185. The molecule has 1 aromatic heterocycles. The molecular formula is C32H32F2N6O3S. The molecule has 1 aliphatic rings. The number of nitrogens with zero attached hydrogens (tertiary/aromatic N) is 5. The van der Waals surface area contributed by atoms with Crippen LogP contribution in [0.1, 0.15) is 38.8 Å². The first-order valence-electron chi connectivity index (χ1n) is 13.6. The van der Waals surface area contributed by atoms with Crippen molar-refractivity contribution in [1.29, 1.82) is 5.26 Å². The molecule has 0 spiro atoms. The number of alkyl halides is 2. The van der Waals surface area contributed by atoms with Crippen molar-refractivity contribution >= 4 is 35.6 Å². The Morgan fingerprint density at radius 3 is 2.45 bits per heavy atom. The minimum atomic E-state index is -3.16. The molecule has 44 heavy (non-hydrogen) atoms. The molecule has 0 saturated heterocycles. The van der Waals surface area contributed by atoms with Gasteiger partial charge in [0.15, 0.2) is 5.69 Å². The van der Waals surface area contributed by atoms with Crippen LogP contribution < -0.4 is 15.0 Å². The first-order chi connectivity index (χ1) is 21.1. The zero-order valence-corrected chi connectivity index (χ0v) is 25.5. The highest BCUT2D eigenvalue weighted by Crippen LogP contribution is 2.37. The van der Waals surface area contributed by atoms with Crippen molar-refractivity contribution < 1.29 is 23.1 Å². The molecule has 0 bridgehead atoms. The predicted octanol–water partition coefficient (Wildman–Crippen LogP) is 5.88. The number of carbonyl (C=O) groups is 2. The lowest BCUT2D eigenvalue weighted by Crippen LogP contribution is -2.46. The van der Waals surface area contributed by atoms with Gasteiger partial charge in [0.2, 0.25) is 6.41 Å². The second-order valence-electron chi connectivity index (χ2n) is 9.98. The Balaban J connectivity index is 0.000000339. The van der Waals surface area contributed by atoms with Crippen molar-refractivity contribution in [2.24, 2.45) is 0 Å². The average Bonchev–Trinajstić information content (AvgIpc) is 3.47. The third-order valence-corrected chi connectivity index (χ3v) is 7.90. The molecular weight excluding hydrogens is 586 g/mol. The van der Waals surface area contributed by atoms with Crippen LogP contribution in [0.2, 0.25) is 0 Å². The second-order valence-corrected chi connectivity index (χ2v) is 11.0. The molecule has 1 unspecified atom stereocenters. The summed E-state index contributed by atoms with van der Waals surface area (Å²) in [6, 6.07) is 20.7. The van der Waals surface area contributed by atoms with Gasteiger partial charge in [-0.1, -0.05) is 60.5 Å². The number of carbonyl (C=O) groups excluding carboxylic acids is 2. The smallest absolute Gasteiger partial charge is 0.298 e. The van der Waals surface area contributed by atoms with Crippen LogP contribution in [0.4, 0.5) is 20.2 Å². The van der Waals surface area contributed by atoms with Crippen molar-refractivity contribution in [3.8, 4) is 11.8 Å². The molecule has 5 rings (SSSR count). The van der Waals surface area contributed by atoms with Gasteiger partial charge in [0.1, 0.15) is 11.8 Å². The first kappa shape index (κ1) is 32.2. The van der Waals surface area contributed by atoms with E-state index in [1.165, 1.54) is 47.5 Å². The highest BCUT2D eigenvalue weighted by Gasteiger charge is 2.37. The zero-order valence-electron chi connectivity index (χ0n) is 24.7. The van der Waals surface area contributed by atoms with Crippen LogP contribution in [0.25, 0.3) is 0 Å². The fourth-order valence-corrected chi connectivity index (χ4v) is 5.14. The summed E-state index contributed by atoms with van der Waals surface area (Å²) < 4.78 is 38.5. The van der Waals surface area contributed by atoms with Crippen LogP contribution >= 0.6 is 11.9 Å². The van der Waals surface area contributed by atoms with E-state index in [1.807, 2.05) is 30.6 Å². The summed E-state index contributed by atoms with van der Waals surface area (Å²) in [4.78, 5) is 25.9. The number of fused-ring (bicyclic) bond motifs is 1. The average molecular weight is 619 g/mol. The van der Waals surface area contributed by atoms with E-state index in [2.05, 4.69) is 16.5 Å². The highest BCUT2D eigenvalue weighted by atomic mass is 32.2. The maximum absolute atomic E-state index is 14.9. The SMILES string of the molecule is COc1ccc(C)cc1C#N.CSN(C)CC1CN(c2ccc(C(F)(F)c3ccccc3)cc2)C(=O)c2c(NC=O)cnn21. The summed E-state index contributed by atoms with van der Waals surface area (Å²) in [6.07, 6.45) is 3.88. The van der Waals surface area contributed by atoms with Crippen molar-refractivity contribution in [3.63, 3.8) is 0 Å². The van der Waals surface area contributed by atoms with Crippen LogP contribution in [-0.2, 0) is 10.7 Å². The molecule has 1 N–H and O–H groups in total. The Labute approximate surface area is 259 Å². The van der Waals surface area contributed by atoms with E-state index in [0.29, 0.717) is 42.2 Å². The van der Waals surface area contributed by atoms with Crippen molar-refractivity contribution in [3.05, 3.63) is 107 Å². The number of aromatic nitrogens is 2. The van der Waals surface area contributed by atoms with Gasteiger partial charge in [-0.3, -0.25) is 18.6 Å². The lowest BCUT2D eigenvalue weighted by Gasteiger charge is -2.35. The van der Waals surface area contributed by atoms with Crippen molar-refractivity contribution in [2.45, 2.75) is 18.9 Å². The number of likely N-dealkylation sites (N-methyl/N-ethyl adjacent to an activating group) is 1. The van der Waals surface area contributed by atoms with Gasteiger partial charge in [-0.2, -0.15) is 19.1 Å². The summed E-state index contributed by atoms with van der Waals surface area (Å²) in [5, 5.41) is 15.5. The summed E-state index contributed by atoms with van der Waals surface area (Å²) in [5.41, 5.74) is 2.47. The van der Waals surface area contributed by atoms with E-state index in [1.54, 1.807) is 54.1 Å². The number of anilines is 2. The number of rotatable bonds is 9. The third kappa shape index (κ3) is 6.90. The predicted molar refractivity (Wildman–Crippen MR) is 167 cm³/mol. The van der Waals surface area contributed by atoms with E-state index in [-0.39, 0.29) is 28.8 Å². The molecule has 1 aliphatic heterocycles. The number of aryl methyl sites for hydroxylation is 1. The van der Waals surface area contributed by atoms with E-state index < -0.39 is 5.92 Å². The van der Waals surface area contributed by atoms with Gasteiger partial charge in [0.25, 0.3) is 11.8 Å². The van der Waals surface area contributed by atoms with Gasteiger partial charge < -0.3 is 15.0 Å². The summed E-state index contributed by atoms with van der Waals surface area (Å²) in [7, 11) is 3.49. The molecule has 0 saturated carbocycles. The molecule has 2 amide bonds. The molecule has 12 heteroatoms. The van der Waals surface area contributed by atoms with E-state index >= 15 is 0 Å². The summed E-state index contributed by atoms with van der Waals surface area (Å²) in [5.74, 6) is -2.88. The van der Waals surface area contributed by atoms with E-state index in [9.17, 15) is 18.4 Å². The van der Waals surface area contributed by atoms with Crippen molar-refractivity contribution in [2.75, 3.05) is 43.7 Å². The van der Waals surface area contributed by atoms with Gasteiger partial charge >= 0.3 is 0 Å². The number of methoxy groups -OCH3 is 1. The van der Waals surface area contributed by atoms with Crippen molar-refractivity contribution in [1.82, 2.24) is 14.1 Å². The minimum absolute atomic E-state index is 0.0968. The van der Waals surface area contributed by atoms with Crippen LogP contribution in [0.5, 0.6) is 5.75 Å². The molecule has 9 nitrogen and oxygen atoms in total. The summed E-state index contributed by atoms with van der Waals surface area (Å²) >= 11 is 1.54. The van der Waals surface area contributed by atoms with Crippen LogP contribution in [0, 0.1) is 18.3 Å². The van der Waals surface area contributed by atoms with Crippen LogP contribution in [0.15, 0.2) is 79.0 Å². The van der Waals surface area contributed by atoms with Crippen LogP contribution in [-0.4, -0.2) is 59.9 Å². The Hall–Kier alpha value is -4.73. The van der Waals surface area contributed by atoms with E-state index in [0.717, 1.165) is 5.56 Å². The molecule has 1 atom stereocenters. The largest absolute Gasteiger partial charge is 0.495 e. The number of benzene rings is 3. The van der Waals surface area contributed by atoms with Gasteiger partial charge in [-0.15, -0.1) is 0 Å². The number of nitrogens with one attached hydrogen (secondary N) is 1. The number of halogens is 2. The van der Waals surface area contributed by atoms with Gasteiger partial charge in [0.05, 0.1) is 37.1 Å². The molecule has 4 aromatic rings. The maximum atomic E-state index is 14.9. The molecule has 3 aromatic carbocycles. The highest BCUT2D eigenvalue weighted by molar-refractivity contribution is 7.96. The van der Waals surface area contributed by atoms with Gasteiger partial charge in [0, 0.05) is 23.4 Å². The van der Waals surface area contributed by atoms with E-state index in [4.69, 9.17) is 10.00 Å². The zero-order chi connectivity index (χ0) is 31.9. The molecule has 0 radical (unpaired) electrons. The Morgan fingerprint density at radius 2 is 1.84 bits per heavy atom. The minimum Gasteiger partial charge on any atom is -0.495 e. The number of hydrogen-bond acceptors (Lipinski definition) is 7. The summed E-state index contributed by atoms with van der Waals surface area (Å²) in [6.45, 7) is 2.85. The molecule has 2 heterocycles. The standard InChI is InChI=1S/C23H23F2N5O2S.C9H9NO/c1-28(33-2)13-19-14-29(22(32)21-20(26-15-31)12-27-30(19)21)18-10-8-17(9-11-18)23(24,25)16-6-4-3-5-7-16;1-7-3-4-9(11-2)8(5-7)6-10/h3-12,15,19H,13-14H2,1-2H3,(H,26,31);3-5H,1-2H3. The topological polar surface area (TPSA) is 103 Å². The number of nitriles is 1. The fraction of sp³-hybridized carbons (Fsp3) is 0.250. The molecule has 0 fully saturated rings. The Bertz CT molecular complexity index is 1640. The lowest BCUT2D eigenvalue weighted by molar-refractivity contribution is -0.105. The van der Waals surface area contributed by atoms with Crippen LogP contribution in [0.3, 0.4) is 0 Å². The Morgan fingerprint density at radius 1 is 1.16 bits per heavy atom. The molecule has 228 valence electrons. The number of amides is 2. The number of ether oxygens (including phenoxy) is 1. The first-order valence-corrected chi connectivity index (χ1v) is 14.8. The third-order valence-electron chi connectivity index (χ3n) is 7.13.